The first-order chi connectivity index (χ1) is 10.7. The van der Waals surface area contributed by atoms with Crippen LogP contribution in [0, 0.1) is 4.78 Å². The van der Waals surface area contributed by atoms with E-state index < -0.39 is 10.6 Å². The molecule has 0 radical (unpaired) electrons. The first-order valence-corrected chi connectivity index (χ1v) is 7.62. The molecule has 3 rings (SSSR count). The van der Waals surface area contributed by atoms with Gasteiger partial charge in [0.25, 0.3) is 0 Å². The number of aromatic nitrogens is 2. The molecule has 0 fully saturated rings. The van der Waals surface area contributed by atoms with Gasteiger partial charge in [0.2, 0.25) is 0 Å². The van der Waals surface area contributed by atoms with Crippen molar-refractivity contribution in [3.63, 3.8) is 0 Å². The van der Waals surface area contributed by atoms with Gasteiger partial charge in [-0.15, -0.1) is 0 Å². The molecule has 0 unspecified atom stereocenters. The highest BCUT2D eigenvalue weighted by atomic mass is 32.2. The van der Waals surface area contributed by atoms with E-state index in [4.69, 9.17) is 9.52 Å². The largest absolute Gasteiger partial charge is 0.494 e. The maximum Gasteiger partial charge on any atom is 0.145 e. The maximum atomic E-state index is 11.1. The topological polar surface area (TPSA) is 88.0 Å². The average molecular weight is 313 g/mol. The molecule has 0 bridgehead atoms. The predicted octanol–water partition coefficient (Wildman–Crippen LogP) is 3.47. The van der Waals surface area contributed by atoms with Gasteiger partial charge in [-0.2, -0.15) is 10.6 Å². The molecule has 7 heteroatoms. The number of anilines is 2. The molecule has 2 aromatic carbocycles. The Morgan fingerprint density at radius 2 is 1.91 bits per heavy atom. The lowest BCUT2D eigenvalue weighted by Gasteiger charge is -2.11. The van der Waals surface area contributed by atoms with Crippen molar-refractivity contribution in [3.8, 4) is 5.75 Å². The lowest BCUT2D eigenvalue weighted by Crippen LogP contribution is -1.97. The number of methoxy groups -OCH3 is 1. The van der Waals surface area contributed by atoms with Crippen LogP contribution in [0.5, 0.6) is 5.75 Å². The Balaban J connectivity index is 2.00. The van der Waals surface area contributed by atoms with E-state index in [9.17, 15) is 4.21 Å². The molecular formula is C15H13N4O2S-. The molecule has 6 nitrogen and oxygen atoms in total. The van der Waals surface area contributed by atoms with Crippen molar-refractivity contribution in [2.75, 3.05) is 12.4 Å². The molecule has 112 valence electrons. The summed E-state index contributed by atoms with van der Waals surface area (Å²) < 4.78 is 23.6. The van der Waals surface area contributed by atoms with Gasteiger partial charge < -0.3 is 19.0 Å². The fraction of sp³-hybridized carbons (Fsp3) is 0.0667. The minimum absolute atomic E-state index is 0.458. The van der Waals surface area contributed by atoms with E-state index in [0.717, 1.165) is 16.6 Å². The predicted molar refractivity (Wildman–Crippen MR) is 84.9 cm³/mol. The third kappa shape index (κ3) is 2.71. The van der Waals surface area contributed by atoms with Gasteiger partial charge in [0.15, 0.2) is 0 Å². The summed E-state index contributed by atoms with van der Waals surface area (Å²) in [7, 11) is -0.129. The summed E-state index contributed by atoms with van der Waals surface area (Å²) in [4.78, 5) is 8.97. The number of benzene rings is 2. The quantitative estimate of drug-likeness (QED) is 0.720. The Bertz CT molecular complexity index is 884. The molecule has 0 saturated carbocycles. The van der Waals surface area contributed by atoms with Gasteiger partial charge in [-0.3, -0.25) is 0 Å². The van der Waals surface area contributed by atoms with Crippen LogP contribution in [0.1, 0.15) is 0 Å². The summed E-state index contributed by atoms with van der Waals surface area (Å²) >= 11 is 0. The molecule has 2 N–H and O–H groups in total. The highest BCUT2D eigenvalue weighted by molar-refractivity contribution is 7.73. The van der Waals surface area contributed by atoms with Crippen molar-refractivity contribution < 1.29 is 8.95 Å². The summed E-state index contributed by atoms with van der Waals surface area (Å²) in [6.07, 6.45) is 1.47. The highest BCUT2D eigenvalue weighted by Crippen LogP contribution is 2.28. The number of ether oxygens (including phenoxy) is 1. The van der Waals surface area contributed by atoms with Crippen molar-refractivity contribution in [1.82, 2.24) is 9.97 Å². The van der Waals surface area contributed by atoms with Crippen molar-refractivity contribution in [3.05, 3.63) is 48.8 Å². The van der Waals surface area contributed by atoms with Crippen LogP contribution in [-0.4, -0.2) is 17.1 Å². The van der Waals surface area contributed by atoms with E-state index in [0.29, 0.717) is 16.5 Å². The average Bonchev–Trinajstić information content (AvgIpc) is 2.55. The summed E-state index contributed by atoms with van der Waals surface area (Å²) in [6.45, 7) is 0. The van der Waals surface area contributed by atoms with E-state index in [-0.39, 0.29) is 0 Å². The molecule has 1 aromatic heterocycles. The van der Waals surface area contributed by atoms with Crippen LogP contribution in [0.25, 0.3) is 10.9 Å². The molecule has 22 heavy (non-hydrogen) atoms. The van der Waals surface area contributed by atoms with Crippen LogP contribution < -0.4 is 10.1 Å². The standard InChI is InChI=1S/C15H13N4O2S/c1-21-13-4-2-3-12-14(13)17-9-18-15(12)19-10-5-7-11(8-6-10)22(16)20/h2-9,16H,1H3,(H,17,18,19)/q-1. The SMILES string of the molecule is COc1cccc2c(Nc3ccc([S-](=N)=O)cc3)ncnc12. The second-order valence-electron chi connectivity index (χ2n) is 4.50. The van der Waals surface area contributed by atoms with Crippen molar-refractivity contribution in [2.45, 2.75) is 4.90 Å². The molecule has 0 aliphatic rings. The Labute approximate surface area is 129 Å². The molecular weight excluding hydrogens is 300 g/mol. The van der Waals surface area contributed by atoms with Crippen LogP contribution >= 0.6 is 0 Å². The fourth-order valence-electron chi connectivity index (χ4n) is 2.12. The summed E-state index contributed by atoms with van der Waals surface area (Å²) in [5.74, 6) is 1.34. The van der Waals surface area contributed by atoms with Gasteiger partial charge in [-0.05, 0) is 24.3 Å². The molecule has 0 aliphatic carbocycles. The number of rotatable bonds is 4. The molecule has 0 amide bonds. The first kappa shape index (κ1) is 14.3. The second kappa shape index (κ2) is 5.98. The number of hydrogen-bond donors (Lipinski definition) is 2. The van der Waals surface area contributed by atoms with Gasteiger partial charge in [0.05, 0.1) is 7.11 Å². The summed E-state index contributed by atoms with van der Waals surface area (Å²) in [5, 5.41) is 4.04. The van der Waals surface area contributed by atoms with Crippen LogP contribution in [0.15, 0.2) is 53.7 Å². The van der Waals surface area contributed by atoms with Crippen LogP contribution in [-0.2, 0) is 14.8 Å². The number of nitrogens with one attached hydrogen (secondary N) is 2. The minimum atomic E-state index is -1.73. The molecule has 0 aliphatic heterocycles. The number of fused-ring (bicyclic) bond motifs is 1. The van der Waals surface area contributed by atoms with E-state index in [1.54, 1.807) is 31.4 Å². The Morgan fingerprint density at radius 3 is 2.59 bits per heavy atom. The summed E-state index contributed by atoms with van der Waals surface area (Å²) in [6, 6.07) is 12.4. The van der Waals surface area contributed by atoms with Gasteiger partial charge >= 0.3 is 0 Å². The monoisotopic (exact) mass is 313 g/mol. The zero-order valence-electron chi connectivity index (χ0n) is 11.7. The molecule has 0 atom stereocenters. The van der Waals surface area contributed by atoms with E-state index in [1.165, 1.54) is 6.33 Å². The van der Waals surface area contributed by atoms with Crippen molar-refractivity contribution in [2.24, 2.45) is 0 Å². The lowest BCUT2D eigenvalue weighted by atomic mass is 10.2. The van der Waals surface area contributed by atoms with Crippen LogP contribution in [0.2, 0.25) is 0 Å². The molecule has 0 spiro atoms. The van der Waals surface area contributed by atoms with E-state index in [1.807, 2.05) is 18.2 Å². The van der Waals surface area contributed by atoms with Crippen molar-refractivity contribution in [1.29, 1.82) is 4.78 Å². The smallest absolute Gasteiger partial charge is 0.145 e. The zero-order chi connectivity index (χ0) is 15.5. The van der Waals surface area contributed by atoms with E-state index >= 15 is 0 Å². The second-order valence-corrected chi connectivity index (χ2v) is 5.51. The summed E-state index contributed by atoms with van der Waals surface area (Å²) in [5.41, 5.74) is 1.52. The van der Waals surface area contributed by atoms with Gasteiger partial charge in [-0.1, -0.05) is 23.1 Å². The first-order valence-electron chi connectivity index (χ1n) is 6.47. The third-order valence-electron chi connectivity index (χ3n) is 3.18. The van der Waals surface area contributed by atoms with Gasteiger partial charge in [-0.25, -0.2) is 9.97 Å². The number of para-hydroxylation sites is 1. The third-order valence-corrected chi connectivity index (χ3v) is 3.88. The Kier molecular flexibility index (Phi) is 3.88. The Morgan fingerprint density at radius 1 is 1.14 bits per heavy atom. The van der Waals surface area contributed by atoms with Gasteiger partial charge in [0, 0.05) is 11.1 Å². The normalized spacial score (nSPS) is 10.8. The van der Waals surface area contributed by atoms with Crippen LogP contribution in [0.3, 0.4) is 0 Å². The number of hydrogen-bond acceptors (Lipinski definition) is 7. The van der Waals surface area contributed by atoms with Crippen molar-refractivity contribution >= 4 is 33.0 Å². The van der Waals surface area contributed by atoms with Gasteiger partial charge in [0.1, 0.15) is 23.4 Å². The zero-order valence-corrected chi connectivity index (χ0v) is 12.6. The molecule has 0 saturated heterocycles. The maximum absolute atomic E-state index is 11.1. The van der Waals surface area contributed by atoms with Crippen LogP contribution in [0.4, 0.5) is 11.5 Å². The Hall–Kier alpha value is -2.67. The lowest BCUT2D eigenvalue weighted by molar-refractivity contribution is 0.419. The molecule has 1 heterocycles. The number of nitrogens with zero attached hydrogens (tertiary/aromatic N) is 2. The highest BCUT2D eigenvalue weighted by Gasteiger charge is 2.07. The minimum Gasteiger partial charge on any atom is -0.494 e. The molecule has 3 aromatic rings. The van der Waals surface area contributed by atoms with E-state index in [2.05, 4.69) is 15.3 Å². The fourth-order valence-corrected chi connectivity index (χ4v) is 2.51.